The van der Waals surface area contributed by atoms with Crippen molar-refractivity contribution in [3.8, 4) is 0 Å². The standard InChI is InChI=1S/C28H55N3O3/c1-5-8-9-10-11-12-13-14-15-16-17-18-19-20-21-28(6-2,7-3)26(32)34-25-24-30(4)22-23-31(25)27(29)33/h25H,5-24H2,1-4H3,(H2,29,33). The number of urea groups is 1. The molecule has 6 nitrogen and oxygen atoms in total. The van der Waals surface area contributed by atoms with E-state index in [4.69, 9.17) is 10.5 Å². The maximum atomic E-state index is 13.2. The minimum atomic E-state index is -0.586. The first-order chi connectivity index (χ1) is 16.4. The van der Waals surface area contributed by atoms with Crippen LogP contribution in [0.2, 0.25) is 0 Å². The highest BCUT2D eigenvalue weighted by molar-refractivity contribution is 5.78. The van der Waals surface area contributed by atoms with Crippen LogP contribution in [0.1, 0.15) is 130 Å². The van der Waals surface area contributed by atoms with Gasteiger partial charge in [-0.2, -0.15) is 0 Å². The number of amides is 2. The molecule has 0 aliphatic carbocycles. The van der Waals surface area contributed by atoms with Crippen molar-refractivity contribution >= 4 is 12.0 Å². The minimum Gasteiger partial charge on any atom is -0.440 e. The predicted molar refractivity (Wildman–Crippen MR) is 142 cm³/mol. The van der Waals surface area contributed by atoms with Gasteiger partial charge in [-0.25, -0.2) is 4.79 Å². The minimum absolute atomic E-state index is 0.168. The molecule has 1 aliphatic rings. The van der Waals surface area contributed by atoms with E-state index in [-0.39, 0.29) is 5.97 Å². The topological polar surface area (TPSA) is 75.9 Å². The van der Waals surface area contributed by atoms with Crippen LogP contribution in [0, 0.1) is 5.41 Å². The lowest BCUT2D eigenvalue weighted by Gasteiger charge is -2.40. The molecule has 0 saturated carbocycles. The normalized spacial score (nSPS) is 17.2. The van der Waals surface area contributed by atoms with Crippen LogP contribution in [0.3, 0.4) is 0 Å². The van der Waals surface area contributed by atoms with Gasteiger partial charge in [-0.1, -0.05) is 111 Å². The highest BCUT2D eigenvalue weighted by atomic mass is 16.6. The molecule has 1 rings (SSSR count). The summed E-state index contributed by atoms with van der Waals surface area (Å²) in [5, 5.41) is 0. The van der Waals surface area contributed by atoms with E-state index in [9.17, 15) is 9.59 Å². The molecule has 0 radical (unpaired) electrons. The van der Waals surface area contributed by atoms with E-state index in [1.807, 2.05) is 7.05 Å². The number of ether oxygens (including phenoxy) is 1. The Balaban J connectivity index is 2.26. The molecule has 1 heterocycles. The molecule has 2 amide bonds. The Morgan fingerprint density at radius 2 is 1.26 bits per heavy atom. The molecule has 1 atom stereocenters. The molecule has 1 unspecified atom stereocenters. The number of likely N-dealkylation sites (N-methyl/N-ethyl adjacent to an activating group) is 1. The monoisotopic (exact) mass is 481 g/mol. The van der Waals surface area contributed by atoms with E-state index in [0.29, 0.717) is 13.1 Å². The Labute approximate surface area is 210 Å². The first kappa shape index (κ1) is 30.7. The van der Waals surface area contributed by atoms with Gasteiger partial charge in [0.05, 0.1) is 12.0 Å². The summed E-state index contributed by atoms with van der Waals surface area (Å²) < 4.78 is 5.90. The Hall–Kier alpha value is -1.30. The summed E-state index contributed by atoms with van der Waals surface area (Å²) in [6, 6.07) is -0.517. The zero-order chi connectivity index (χ0) is 25.2. The fourth-order valence-electron chi connectivity index (χ4n) is 5.13. The molecule has 1 saturated heterocycles. The molecule has 0 aromatic carbocycles. The predicted octanol–water partition coefficient (Wildman–Crippen LogP) is 6.86. The van der Waals surface area contributed by atoms with Crippen LogP contribution in [0.5, 0.6) is 0 Å². The van der Waals surface area contributed by atoms with Gasteiger partial charge in [0.2, 0.25) is 0 Å². The molecule has 1 aliphatic heterocycles. The lowest BCUT2D eigenvalue weighted by molar-refractivity contribution is -0.174. The highest BCUT2D eigenvalue weighted by Crippen LogP contribution is 2.35. The van der Waals surface area contributed by atoms with Gasteiger partial charge in [0.25, 0.3) is 0 Å². The number of primary amides is 1. The van der Waals surface area contributed by atoms with Gasteiger partial charge in [0.1, 0.15) is 0 Å². The van der Waals surface area contributed by atoms with E-state index < -0.39 is 17.7 Å². The maximum absolute atomic E-state index is 13.2. The molecular formula is C28H55N3O3. The van der Waals surface area contributed by atoms with Crippen LogP contribution in [0.25, 0.3) is 0 Å². The SMILES string of the molecule is CCCCCCCCCCCCCCCCC(CC)(CC)C(=O)OC1CN(C)CCN1C(N)=O. The number of hydrogen-bond acceptors (Lipinski definition) is 4. The van der Waals surface area contributed by atoms with E-state index in [1.165, 1.54) is 88.4 Å². The Kier molecular flexibility index (Phi) is 16.3. The Bertz CT molecular complexity index is 551. The third-order valence-corrected chi connectivity index (χ3v) is 7.86. The van der Waals surface area contributed by atoms with Gasteiger partial charge >= 0.3 is 12.0 Å². The van der Waals surface area contributed by atoms with Crippen LogP contribution in [-0.4, -0.2) is 54.7 Å². The average molecular weight is 482 g/mol. The zero-order valence-corrected chi connectivity index (χ0v) is 22.9. The van der Waals surface area contributed by atoms with Gasteiger partial charge in [0, 0.05) is 13.1 Å². The smallest absolute Gasteiger partial charge is 0.317 e. The van der Waals surface area contributed by atoms with Crippen molar-refractivity contribution in [3.63, 3.8) is 0 Å². The van der Waals surface area contributed by atoms with Crippen LogP contribution in [-0.2, 0) is 9.53 Å². The third-order valence-electron chi connectivity index (χ3n) is 7.86. The number of unbranched alkanes of at least 4 members (excludes halogenated alkanes) is 13. The number of hydrogen-bond donors (Lipinski definition) is 1. The zero-order valence-electron chi connectivity index (χ0n) is 22.9. The van der Waals surface area contributed by atoms with Crippen molar-refractivity contribution < 1.29 is 14.3 Å². The van der Waals surface area contributed by atoms with E-state index in [2.05, 4.69) is 25.7 Å². The second-order valence-corrected chi connectivity index (χ2v) is 10.5. The van der Waals surface area contributed by atoms with Crippen LogP contribution < -0.4 is 5.73 Å². The largest absolute Gasteiger partial charge is 0.440 e. The molecule has 6 heteroatoms. The van der Waals surface area contributed by atoms with E-state index >= 15 is 0 Å². The Morgan fingerprint density at radius 1 is 0.794 bits per heavy atom. The van der Waals surface area contributed by atoms with E-state index in [0.717, 1.165) is 32.2 Å². The molecule has 34 heavy (non-hydrogen) atoms. The molecule has 1 fully saturated rings. The number of carbonyl (C=O) groups excluding carboxylic acids is 2. The lowest BCUT2D eigenvalue weighted by atomic mass is 9.77. The fourth-order valence-corrected chi connectivity index (χ4v) is 5.13. The average Bonchev–Trinajstić information content (AvgIpc) is 2.82. The number of carbonyl (C=O) groups is 2. The summed E-state index contributed by atoms with van der Waals surface area (Å²) >= 11 is 0. The summed E-state index contributed by atoms with van der Waals surface area (Å²) in [4.78, 5) is 28.6. The molecule has 0 bridgehead atoms. The molecule has 200 valence electrons. The van der Waals surface area contributed by atoms with Gasteiger partial charge < -0.3 is 10.5 Å². The van der Waals surface area contributed by atoms with Gasteiger partial charge in [-0.3, -0.25) is 14.6 Å². The Morgan fingerprint density at radius 3 is 1.71 bits per heavy atom. The van der Waals surface area contributed by atoms with Crippen molar-refractivity contribution in [1.82, 2.24) is 9.80 Å². The number of nitrogens with two attached hydrogens (primary N) is 1. The van der Waals surface area contributed by atoms with Gasteiger partial charge in [-0.05, 0) is 26.3 Å². The van der Waals surface area contributed by atoms with Gasteiger partial charge in [0.15, 0.2) is 6.23 Å². The van der Waals surface area contributed by atoms with Crippen LogP contribution >= 0.6 is 0 Å². The van der Waals surface area contributed by atoms with E-state index in [1.54, 1.807) is 0 Å². The first-order valence-electron chi connectivity index (χ1n) is 14.4. The number of piperazine rings is 1. The summed E-state index contributed by atoms with van der Waals surface area (Å²) in [6.45, 7) is 8.17. The van der Waals surface area contributed by atoms with Crippen molar-refractivity contribution in [1.29, 1.82) is 0 Å². The second-order valence-electron chi connectivity index (χ2n) is 10.5. The molecule has 2 N–H and O–H groups in total. The highest BCUT2D eigenvalue weighted by Gasteiger charge is 2.39. The summed E-state index contributed by atoms with van der Waals surface area (Å²) in [5.41, 5.74) is 5.06. The summed E-state index contributed by atoms with van der Waals surface area (Å²) in [5.74, 6) is -0.168. The molecule has 0 aromatic rings. The number of rotatable bonds is 19. The number of esters is 1. The quantitative estimate of drug-likeness (QED) is 0.161. The molecule has 0 spiro atoms. The summed E-state index contributed by atoms with van der Waals surface area (Å²) in [7, 11) is 1.97. The van der Waals surface area contributed by atoms with Crippen LogP contribution in [0.15, 0.2) is 0 Å². The molecule has 0 aromatic heterocycles. The van der Waals surface area contributed by atoms with Crippen molar-refractivity contribution in [2.75, 3.05) is 26.7 Å². The van der Waals surface area contributed by atoms with Crippen molar-refractivity contribution in [3.05, 3.63) is 0 Å². The van der Waals surface area contributed by atoms with Gasteiger partial charge in [-0.15, -0.1) is 0 Å². The maximum Gasteiger partial charge on any atom is 0.317 e. The fraction of sp³-hybridized carbons (Fsp3) is 0.929. The molecular weight excluding hydrogens is 426 g/mol. The lowest BCUT2D eigenvalue weighted by Crippen LogP contribution is -2.58. The summed E-state index contributed by atoms with van der Waals surface area (Å²) in [6.07, 6.45) is 20.4. The van der Waals surface area contributed by atoms with Crippen LogP contribution in [0.4, 0.5) is 4.79 Å². The first-order valence-corrected chi connectivity index (χ1v) is 14.4. The number of nitrogens with zero attached hydrogens (tertiary/aromatic N) is 2. The van der Waals surface area contributed by atoms with Crippen molar-refractivity contribution in [2.45, 2.75) is 136 Å². The second kappa shape index (κ2) is 18.0. The van der Waals surface area contributed by atoms with Crippen molar-refractivity contribution in [2.24, 2.45) is 11.1 Å². The third kappa shape index (κ3) is 11.4.